The zero-order valence-corrected chi connectivity index (χ0v) is 16.7. The molecular formula is C16H25IN4OS. The molecule has 1 heterocycles. The third-order valence-electron chi connectivity index (χ3n) is 3.52. The van der Waals surface area contributed by atoms with Crippen LogP contribution in [0.4, 0.5) is 5.69 Å². The zero-order valence-electron chi connectivity index (χ0n) is 13.6. The number of hydrogen-bond donors (Lipinski definition) is 3. The molecule has 1 aromatic rings. The van der Waals surface area contributed by atoms with E-state index in [0.29, 0.717) is 13.0 Å². The first kappa shape index (κ1) is 20.1. The third-order valence-corrected chi connectivity index (χ3v) is 4.13. The molecule has 0 aromatic heterocycles. The molecule has 1 unspecified atom stereocenters. The van der Waals surface area contributed by atoms with Crippen molar-refractivity contribution in [3.8, 4) is 0 Å². The van der Waals surface area contributed by atoms with E-state index in [1.165, 1.54) is 5.56 Å². The summed E-state index contributed by atoms with van der Waals surface area (Å²) in [7, 11) is 0. The SMILES string of the molecule is CCNC(=NCC1CC(=O)Nc2ccccc21)NCCSC.I. The minimum Gasteiger partial charge on any atom is -0.357 e. The number of nitrogens with zero attached hydrogens (tertiary/aromatic N) is 1. The van der Waals surface area contributed by atoms with Gasteiger partial charge in [-0.15, -0.1) is 24.0 Å². The number of halogens is 1. The first-order valence-corrected chi connectivity index (χ1v) is 9.04. The van der Waals surface area contributed by atoms with Gasteiger partial charge in [-0.3, -0.25) is 9.79 Å². The molecule has 1 amide bonds. The van der Waals surface area contributed by atoms with Crippen LogP contribution >= 0.6 is 35.7 Å². The molecule has 3 N–H and O–H groups in total. The zero-order chi connectivity index (χ0) is 15.8. The monoisotopic (exact) mass is 448 g/mol. The number of nitrogens with one attached hydrogen (secondary N) is 3. The van der Waals surface area contributed by atoms with Gasteiger partial charge in [-0.25, -0.2) is 0 Å². The Balaban J connectivity index is 0.00000264. The predicted octanol–water partition coefficient (Wildman–Crippen LogP) is 2.65. The number of aliphatic imine (C=N–C) groups is 1. The molecule has 1 aliphatic rings. The lowest BCUT2D eigenvalue weighted by Crippen LogP contribution is -2.39. The second-order valence-electron chi connectivity index (χ2n) is 5.18. The van der Waals surface area contributed by atoms with Gasteiger partial charge in [0.05, 0.1) is 6.54 Å². The van der Waals surface area contributed by atoms with Gasteiger partial charge in [-0.2, -0.15) is 11.8 Å². The summed E-state index contributed by atoms with van der Waals surface area (Å²) in [6.45, 7) is 4.37. The van der Waals surface area contributed by atoms with Crippen molar-refractivity contribution in [1.29, 1.82) is 0 Å². The Bertz CT molecular complexity index is 539. The van der Waals surface area contributed by atoms with E-state index in [2.05, 4.69) is 40.2 Å². The Morgan fingerprint density at radius 2 is 2.17 bits per heavy atom. The molecule has 0 spiro atoms. The van der Waals surface area contributed by atoms with Crippen molar-refractivity contribution < 1.29 is 4.79 Å². The van der Waals surface area contributed by atoms with Crippen LogP contribution in [0.25, 0.3) is 0 Å². The standard InChI is InChI=1S/C16H24N4OS.HI/c1-3-17-16(18-8-9-22-2)19-11-12-10-15(21)20-14-7-5-4-6-13(12)14;/h4-7,12H,3,8-11H2,1-2H3,(H,20,21)(H2,17,18,19);1H. The van der Waals surface area contributed by atoms with Gasteiger partial charge >= 0.3 is 0 Å². The van der Waals surface area contributed by atoms with Crippen LogP contribution in [0.15, 0.2) is 29.3 Å². The van der Waals surface area contributed by atoms with Crippen molar-refractivity contribution >= 4 is 53.3 Å². The first-order valence-electron chi connectivity index (χ1n) is 7.64. The van der Waals surface area contributed by atoms with E-state index < -0.39 is 0 Å². The van der Waals surface area contributed by atoms with Gasteiger partial charge < -0.3 is 16.0 Å². The highest BCUT2D eigenvalue weighted by Gasteiger charge is 2.24. The number of amides is 1. The summed E-state index contributed by atoms with van der Waals surface area (Å²) in [6, 6.07) is 7.97. The molecule has 0 saturated carbocycles. The van der Waals surface area contributed by atoms with Gasteiger partial charge in [0.1, 0.15) is 0 Å². The smallest absolute Gasteiger partial charge is 0.225 e. The lowest BCUT2D eigenvalue weighted by Gasteiger charge is -2.24. The van der Waals surface area contributed by atoms with Gasteiger partial charge in [0.25, 0.3) is 0 Å². The lowest BCUT2D eigenvalue weighted by molar-refractivity contribution is -0.116. The Morgan fingerprint density at radius 3 is 2.91 bits per heavy atom. The highest BCUT2D eigenvalue weighted by Crippen LogP contribution is 2.31. The van der Waals surface area contributed by atoms with E-state index in [-0.39, 0.29) is 35.8 Å². The molecule has 2 rings (SSSR count). The Morgan fingerprint density at radius 1 is 1.39 bits per heavy atom. The molecule has 0 aliphatic carbocycles. The van der Waals surface area contributed by atoms with Crippen molar-refractivity contribution in [2.45, 2.75) is 19.3 Å². The fourth-order valence-corrected chi connectivity index (χ4v) is 2.79. The molecule has 0 radical (unpaired) electrons. The number of hydrogen-bond acceptors (Lipinski definition) is 3. The van der Waals surface area contributed by atoms with Crippen LogP contribution in [-0.4, -0.2) is 43.5 Å². The van der Waals surface area contributed by atoms with E-state index in [4.69, 9.17) is 0 Å². The van der Waals surface area contributed by atoms with Gasteiger partial charge in [0, 0.05) is 36.9 Å². The van der Waals surface area contributed by atoms with Crippen molar-refractivity contribution in [1.82, 2.24) is 10.6 Å². The summed E-state index contributed by atoms with van der Waals surface area (Å²) in [6.07, 6.45) is 2.58. The van der Waals surface area contributed by atoms with E-state index in [9.17, 15) is 4.79 Å². The molecule has 1 aliphatic heterocycles. The van der Waals surface area contributed by atoms with Crippen LogP contribution in [0.5, 0.6) is 0 Å². The highest BCUT2D eigenvalue weighted by atomic mass is 127. The minimum absolute atomic E-state index is 0. The number of benzene rings is 1. The van der Waals surface area contributed by atoms with Crippen LogP contribution in [0.2, 0.25) is 0 Å². The topological polar surface area (TPSA) is 65.5 Å². The normalized spacial score (nSPS) is 16.9. The molecule has 0 bridgehead atoms. The second kappa shape index (κ2) is 10.7. The van der Waals surface area contributed by atoms with Crippen molar-refractivity contribution in [3.05, 3.63) is 29.8 Å². The minimum atomic E-state index is 0. The van der Waals surface area contributed by atoms with Gasteiger partial charge in [0.2, 0.25) is 5.91 Å². The Kier molecular flexibility index (Phi) is 9.39. The van der Waals surface area contributed by atoms with Gasteiger partial charge in [-0.1, -0.05) is 18.2 Å². The number of fused-ring (bicyclic) bond motifs is 1. The van der Waals surface area contributed by atoms with E-state index in [1.807, 2.05) is 18.2 Å². The summed E-state index contributed by atoms with van der Waals surface area (Å²) in [4.78, 5) is 16.5. The third kappa shape index (κ3) is 6.21. The molecule has 7 heteroatoms. The molecule has 0 saturated heterocycles. The molecule has 0 fully saturated rings. The van der Waals surface area contributed by atoms with Gasteiger partial charge in [-0.05, 0) is 24.8 Å². The fraction of sp³-hybridized carbons (Fsp3) is 0.500. The van der Waals surface area contributed by atoms with E-state index >= 15 is 0 Å². The molecular weight excluding hydrogens is 423 g/mol. The second-order valence-corrected chi connectivity index (χ2v) is 6.16. The summed E-state index contributed by atoms with van der Waals surface area (Å²) in [5, 5.41) is 9.48. The summed E-state index contributed by atoms with van der Waals surface area (Å²) < 4.78 is 0. The van der Waals surface area contributed by atoms with Crippen LogP contribution in [0, 0.1) is 0 Å². The van der Waals surface area contributed by atoms with Crippen LogP contribution in [0.3, 0.4) is 0 Å². The van der Waals surface area contributed by atoms with Crippen LogP contribution in [0.1, 0.15) is 24.8 Å². The average Bonchev–Trinajstić information content (AvgIpc) is 2.52. The molecule has 1 aromatic carbocycles. The summed E-state index contributed by atoms with van der Waals surface area (Å²) in [5.41, 5.74) is 2.09. The van der Waals surface area contributed by atoms with Crippen molar-refractivity contribution in [3.63, 3.8) is 0 Å². The first-order chi connectivity index (χ1) is 10.7. The number of para-hydroxylation sites is 1. The highest BCUT2D eigenvalue weighted by molar-refractivity contribution is 14.0. The number of guanidine groups is 1. The largest absolute Gasteiger partial charge is 0.357 e. The van der Waals surface area contributed by atoms with E-state index in [0.717, 1.165) is 30.5 Å². The molecule has 23 heavy (non-hydrogen) atoms. The number of carbonyl (C=O) groups is 1. The Labute approximate surface area is 159 Å². The Hall–Kier alpha value is -0.960. The number of carbonyl (C=O) groups excluding carboxylic acids is 1. The maximum absolute atomic E-state index is 11.8. The maximum Gasteiger partial charge on any atom is 0.225 e. The van der Waals surface area contributed by atoms with Crippen molar-refractivity contribution in [2.24, 2.45) is 4.99 Å². The average molecular weight is 448 g/mol. The summed E-state index contributed by atoms with van der Waals surface area (Å²) >= 11 is 1.80. The fourth-order valence-electron chi connectivity index (χ4n) is 2.48. The van der Waals surface area contributed by atoms with Gasteiger partial charge in [0.15, 0.2) is 5.96 Å². The van der Waals surface area contributed by atoms with E-state index in [1.54, 1.807) is 11.8 Å². The maximum atomic E-state index is 11.8. The number of thioether (sulfide) groups is 1. The van der Waals surface area contributed by atoms with Crippen molar-refractivity contribution in [2.75, 3.05) is 37.0 Å². The summed E-state index contributed by atoms with van der Waals surface area (Å²) in [5.74, 6) is 2.07. The molecule has 1 atom stereocenters. The molecule has 5 nitrogen and oxygen atoms in total. The number of rotatable bonds is 6. The lowest BCUT2D eigenvalue weighted by atomic mass is 9.91. The quantitative estimate of drug-likeness (QED) is 0.271. The number of anilines is 1. The van der Waals surface area contributed by atoms with Crippen LogP contribution < -0.4 is 16.0 Å². The predicted molar refractivity (Wildman–Crippen MR) is 110 cm³/mol. The van der Waals surface area contributed by atoms with Crippen LogP contribution in [-0.2, 0) is 4.79 Å². The molecule has 128 valence electrons.